The minimum absolute atomic E-state index is 0.137. The number of nitrogens with one attached hydrogen (secondary N) is 1. The highest BCUT2D eigenvalue weighted by atomic mass is 19.4. The van der Waals surface area contributed by atoms with Gasteiger partial charge in [0.2, 0.25) is 0 Å². The molecule has 0 bridgehead atoms. The summed E-state index contributed by atoms with van der Waals surface area (Å²) < 4.78 is 39.7. The molecule has 2 aromatic carbocycles. The number of rotatable bonds is 8. The lowest BCUT2D eigenvalue weighted by Gasteiger charge is -2.47. The van der Waals surface area contributed by atoms with E-state index >= 15 is 0 Å². The summed E-state index contributed by atoms with van der Waals surface area (Å²) in [5.74, 6) is 5.84. The van der Waals surface area contributed by atoms with E-state index in [2.05, 4.69) is 38.3 Å². The molecule has 1 amide bonds. The quantitative estimate of drug-likeness (QED) is 0.154. The van der Waals surface area contributed by atoms with E-state index in [1.54, 1.807) is 0 Å². The Hall–Kier alpha value is -3.40. The van der Waals surface area contributed by atoms with Gasteiger partial charge in [0.1, 0.15) is 17.2 Å². The molecule has 0 radical (unpaired) electrons. The van der Waals surface area contributed by atoms with E-state index in [1.807, 2.05) is 29.2 Å². The summed E-state index contributed by atoms with van der Waals surface area (Å²) in [5.41, 5.74) is 9.34. The fourth-order valence-electron chi connectivity index (χ4n) is 6.26. The number of amides is 1. The summed E-state index contributed by atoms with van der Waals surface area (Å²) in [4.78, 5) is 21.3. The molecule has 222 valence electrons. The fraction of sp³-hybridized carbons (Fsp3) is 0.516. The van der Waals surface area contributed by atoms with E-state index in [4.69, 9.17) is 16.6 Å². The van der Waals surface area contributed by atoms with Crippen molar-refractivity contribution < 1.29 is 18.0 Å². The highest BCUT2D eigenvalue weighted by Gasteiger charge is 2.52. The Morgan fingerprint density at radius 2 is 1.71 bits per heavy atom. The zero-order valence-corrected chi connectivity index (χ0v) is 24.3. The summed E-state index contributed by atoms with van der Waals surface area (Å²) in [5, 5.41) is 3.81. The third kappa shape index (κ3) is 6.58. The van der Waals surface area contributed by atoms with Crippen LogP contribution in [0.5, 0.6) is 0 Å². The molecular formula is C31H41F3N6O. The van der Waals surface area contributed by atoms with Crippen LogP contribution in [0.1, 0.15) is 94.5 Å². The molecule has 2 aliphatic rings. The zero-order valence-electron chi connectivity index (χ0n) is 24.3. The van der Waals surface area contributed by atoms with E-state index in [0.29, 0.717) is 36.6 Å². The average Bonchev–Trinajstić information content (AvgIpc) is 3.18. The summed E-state index contributed by atoms with van der Waals surface area (Å²) in [6.07, 6.45) is 0.801. The largest absolute Gasteiger partial charge is 0.416 e. The number of nitrogens with zero attached hydrogens (tertiary/aromatic N) is 3. The van der Waals surface area contributed by atoms with Crippen LogP contribution >= 0.6 is 0 Å². The molecule has 5 N–H and O–H groups in total. The first kappa shape index (κ1) is 30.6. The smallest absolute Gasteiger partial charge is 0.385 e. The van der Waals surface area contributed by atoms with Crippen LogP contribution in [0.4, 0.5) is 13.2 Å². The van der Waals surface area contributed by atoms with E-state index in [0.717, 1.165) is 48.9 Å². The van der Waals surface area contributed by atoms with Gasteiger partial charge in [-0.15, -0.1) is 0 Å². The maximum absolute atomic E-state index is 14.2. The number of amidine groups is 1. The standard InChI is InChI=1S/C31H41F3N6O/c1-5-6-25(21-9-7-20(8-10-21)19-26(35)38-39-36)40-28(41)27(22-11-13-24(14-12-22)31(32,33)34)37-30(40)17-15-23(16-18-30)29(2,3)4/h7-14,23,25,39H,5-6,15-19,36H2,1-4H3,(H2,35,38). The summed E-state index contributed by atoms with van der Waals surface area (Å²) >= 11 is 0. The van der Waals surface area contributed by atoms with Crippen LogP contribution in [0.15, 0.2) is 58.6 Å². The number of nitrogens with two attached hydrogens (primary N) is 2. The van der Waals surface area contributed by atoms with Crippen LogP contribution in [0, 0.1) is 11.3 Å². The van der Waals surface area contributed by atoms with Crippen molar-refractivity contribution in [1.82, 2.24) is 10.4 Å². The van der Waals surface area contributed by atoms with Crippen molar-refractivity contribution in [1.29, 1.82) is 0 Å². The van der Waals surface area contributed by atoms with Crippen molar-refractivity contribution in [3.63, 3.8) is 0 Å². The number of carbonyl (C=O) groups is 1. The second-order valence-electron chi connectivity index (χ2n) is 12.3. The Labute approximate surface area is 240 Å². The maximum atomic E-state index is 14.2. The van der Waals surface area contributed by atoms with Gasteiger partial charge in [-0.25, -0.2) is 11.4 Å². The fourth-order valence-corrected chi connectivity index (χ4v) is 6.26. The Bertz CT molecular complexity index is 1270. The number of hydrazone groups is 1. The molecule has 1 aliphatic heterocycles. The molecule has 1 fully saturated rings. The Morgan fingerprint density at radius 3 is 2.22 bits per heavy atom. The molecule has 1 atom stereocenters. The third-order valence-electron chi connectivity index (χ3n) is 8.52. The van der Waals surface area contributed by atoms with Crippen molar-refractivity contribution in [2.75, 3.05) is 0 Å². The van der Waals surface area contributed by atoms with Crippen LogP contribution in [-0.2, 0) is 17.4 Å². The van der Waals surface area contributed by atoms with Crippen molar-refractivity contribution >= 4 is 17.5 Å². The van der Waals surface area contributed by atoms with E-state index in [9.17, 15) is 18.0 Å². The monoisotopic (exact) mass is 570 g/mol. The minimum atomic E-state index is -4.45. The molecule has 0 saturated heterocycles. The predicted octanol–water partition coefficient (Wildman–Crippen LogP) is 6.09. The zero-order chi connectivity index (χ0) is 30.0. The molecule has 1 aliphatic carbocycles. The van der Waals surface area contributed by atoms with Crippen molar-refractivity contribution in [2.45, 2.75) is 90.5 Å². The van der Waals surface area contributed by atoms with Gasteiger partial charge in [0.15, 0.2) is 0 Å². The number of halogens is 3. The molecule has 1 unspecified atom stereocenters. The molecule has 4 rings (SSSR count). The van der Waals surface area contributed by atoms with Crippen molar-refractivity contribution in [2.24, 2.45) is 33.0 Å². The van der Waals surface area contributed by atoms with Crippen LogP contribution in [0.3, 0.4) is 0 Å². The average molecular weight is 571 g/mol. The van der Waals surface area contributed by atoms with Gasteiger partial charge in [0.05, 0.1) is 11.6 Å². The molecule has 2 aromatic rings. The molecule has 0 aromatic heterocycles. The molecule has 1 saturated carbocycles. The lowest BCUT2D eigenvalue weighted by molar-refractivity contribution is -0.137. The van der Waals surface area contributed by atoms with E-state index < -0.39 is 17.4 Å². The van der Waals surface area contributed by atoms with Gasteiger partial charge in [-0.3, -0.25) is 9.79 Å². The summed E-state index contributed by atoms with van der Waals surface area (Å²) in [7, 11) is 0. The molecule has 41 heavy (non-hydrogen) atoms. The second kappa shape index (κ2) is 11.8. The van der Waals surface area contributed by atoms with E-state index in [1.165, 1.54) is 12.1 Å². The van der Waals surface area contributed by atoms with Gasteiger partial charge in [-0.05, 0) is 66.7 Å². The van der Waals surface area contributed by atoms with Crippen LogP contribution in [0.25, 0.3) is 0 Å². The van der Waals surface area contributed by atoms with Gasteiger partial charge in [0.25, 0.3) is 5.91 Å². The maximum Gasteiger partial charge on any atom is 0.416 e. The highest BCUT2D eigenvalue weighted by Crippen LogP contribution is 2.50. The van der Waals surface area contributed by atoms with Crippen LogP contribution in [0.2, 0.25) is 0 Å². The molecule has 1 spiro atoms. The second-order valence-corrected chi connectivity index (χ2v) is 12.3. The third-order valence-corrected chi connectivity index (χ3v) is 8.52. The lowest BCUT2D eigenvalue weighted by atomic mass is 9.69. The van der Waals surface area contributed by atoms with Gasteiger partial charge in [-0.1, -0.05) is 70.5 Å². The number of alkyl halides is 3. The summed E-state index contributed by atoms with van der Waals surface area (Å²) in [6, 6.07) is 12.5. The highest BCUT2D eigenvalue weighted by molar-refractivity contribution is 6.46. The van der Waals surface area contributed by atoms with Gasteiger partial charge in [0, 0.05) is 12.0 Å². The lowest BCUT2D eigenvalue weighted by Crippen LogP contribution is -2.51. The topological polar surface area (TPSA) is 109 Å². The number of hydrogen-bond donors (Lipinski definition) is 3. The molecular weight excluding hydrogens is 529 g/mol. The Balaban J connectivity index is 1.72. The van der Waals surface area contributed by atoms with Crippen molar-refractivity contribution in [3.8, 4) is 0 Å². The number of carbonyl (C=O) groups excluding carboxylic acids is 1. The Kier molecular flexibility index (Phi) is 8.82. The first-order valence-corrected chi connectivity index (χ1v) is 14.3. The van der Waals surface area contributed by atoms with Crippen molar-refractivity contribution in [3.05, 3.63) is 70.8 Å². The predicted molar refractivity (Wildman–Crippen MR) is 156 cm³/mol. The first-order valence-electron chi connectivity index (χ1n) is 14.3. The Morgan fingerprint density at radius 1 is 1.10 bits per heavy atom. The van der Waals surface area contributed by atoms with Crippen LogP contribution < -0.4 is 17.1 Å². The molecule has 10 heteroatoms. The number of benzene rings is 2. The van der Waals surface area contributed by atoms with Gasteiger partial charge in [-0.2, -0.15) is 18.3 Å². The number of hydrazine groups is 1. The number of hydrogen-bond acceptors (Lipinski definition) is 5. The molecule has 1 heterocycles. The number of aliphatic imine (C=N–C) groups is 1. The normalized spacial score (nSPS) is 22.7. The van der Waals surface area contributed by atoms with Crippen LogP contribution in [-0.4, -0.2) is 28.0 Å². The van der Waals surface area contributed by atoms with E-state index in [-0.39, 0.29) is 23.1 Å². The first-order chi connectivity index (χ1) is 19.3. The minimum Gasteiger partial charge on any atom is -0.385 e. The SMILES string of the molecule is CCCC(c1ccc(C/C(N)=N/NN)cc1)N1C(=O)C(c2ccc(C(F)(F)F)cc2)=NC12CCC(C(C)(C)C)CC2. The van der Waals surface area contributed by atoms with Gasteiger partial charge < -0.3 is 10.6 Å². The molecule has 7 nitrogen and oxygen atoms in total. The summed E-state index contributed by atoms with van der Waals surface area (Å²) in [6.45, 7) is 8.81. The van der Waals surface area contributed by atoms with Gasteiger partial charge >= 0.3 is 6.18 Å².